The predicted octanol–water partition coefficient (Wildman–Crippen LogP) is 5.75. The fraction of sp³-hybridized carbons (Fsp3) is 0.179. The lowest BCUT2D eigenvalue weighted by Gasteiger charge is -2.35. The number of rotatable bonds is 6. The summed E-state index contributed by atoms with van der Waals surface area (Å²) < 4.78 is 11.1. The van der Waals surface area contributed by atoms with Gasteiger partial charge in [0.15, 0.2) is 0 Å². The Hall–Kier alpha value is -4.39. The van der Waals surface area contributed by atoms with Crippen molar-refractivity contribution in [2.45, 2.75) is 26.4 Å². The van der Waals surface area contributed by atoms with Crippen molar-refractivity contribution in [3.8, 4) is 17.1 Å². The monoisotopic (exact) mass is 466 g/mol. The number of carbonyl (C=O) groups is 1. The number of allylic oxidation sites excluding steroid dienone is 1. The second-order valence-electron chi connectivity index (χ2n) is 8.46. The molecule has 1 aliphatic rings. The molecule has 0 radical (unpaired) electrons. The maximum atomic E-state index is 13.3. The van der Waals surface area contributed by atoms with Crippen LogP contribution in [0.3, 0.4) is 0 Å². The van der Waals surface area contributed by atoms with E-state index in [0.29, 0.717) is 24.0 Å². The van der Waals surface area contributed by atoms with Gasteiger partial charge in [0.05, 0.1) is 25.3 Å². The van der Waals surface area contributed by atoms with Gasteiger partial charge in [0.25, 0.3) is 5.89 Å². The molecule has 1 aromatic heterocycles. The first-order valence-electron chi connectivity index (χ1n) is 11.4. The van der Waals surface area contributed by atoms with Crippen LogP contribution in [0.15, 0.2) is 89.1 Å². The Bertz CT molecular complexity index is 1390. The predicted molar refractivity (Wildman–Crippen MR) is 133 cm³/mol. The summed E-state index contributed by atoms with van der Waals surface area (Å²) in [5.74, 6) is 1.53. The Morgan fingerprint density at radius 3 is 2.54 bits per heavy atom. The van der Waals surface area contributed by atoms with E-state index in [2.05, 4.69) is 10.5 Å². The quantitative estimate of drug-likeness (QED) is 0.391. The van der Waals surface area contributed by atoms with Crippen LogP contribution >= 0.6 is 0 Å². The lowest BCUT2D eigenvalue weighted by molar-refractivity contribution is 0.203. The molecular formula is C28H26N4O3. The summed E-state index contributed by atoms with van der Waals surface area (Å²) in [7, 11) is 1.62. The maximum Gasteiger partial charge on any atom is 0.322 e. The number of methoxy groups -OCH3 is 1. The molecule has 1 aliphatic heterocycles. The van der Waals surface area contributed by atoms with Crippen LogP contribution in [0.4, 0.5) is 4.79 Å². The van der Waals surface area contributed by atoms with Gasteiger partial charge in [-0.2, -0.15) is 4.98 Å². The summed E-state index contributed by atoms with van der Waals surface area (Å²) in [4.78, 5) is 19.7. The first-order valence-corrected chi connectivity index (χ1v) is 11.4. The van der Waals surface area contributed by atoms with Crippen LogP contribution in [0.25, 0.3) is 17.0 Å². The first kappa shape index (κ1) is 22.4. The van der Waals surface area contributed by atoms with E-state index in [1.807, 2.05) is 92.7 Å². The maximum absolute atomic E-state index is 13.3. The van der Waals surface area contributed by atoms with Crippen molar-refractivity contribution in [2.24, 2.45) is 0 Å². The van der Waals surface area contributed by atoms with Crippen molar-refractivity contribution < 1.29 is 14.1 Å². The van der Waals surface area contributed by atoms with Crippen LogP contribution in [0, 0.1) is 6.92 Å². The zero-order valence-corrected chi connectivity index (χ0v) is 19.9. The fourth-order valence-electron chi connectivity index (χ4n) is 4.31. The normalized spacial score (nSPS) is 15.8. The number of aryl methyl sites for hydroxylation is 1. The average molecular weight is 467 g/mol. The summed E-state index contributed by atoms with van der Waals surface area (Å²) in [5.41, 5.74) is 5.45. The summed E-state index contributed by atoms with van der Waals surface area (Å²) >= 11 is 0. The molecular weight excluding hydrogens is 440 g/mol. The van der Waals surface area contributed by atoms with Gasteiger partial charge in [-0.3, -0.25) is 4.90 Å². The van der Waals surface area contributed by atoms with Crippen LogP contribution < -0.4 is 10.1 Å². The van der Waals surface area contributed by atoms with Crippen LogP contribution in [-0.2, 0) is 6.54 Å². The molecule has 0 saturated carbocycles. The average Bonchev–Trinajstić information content (AvgIpc) is 3.37. The number of ether oxygens (including phenoxy) is 1. The van der Waals surface area contributed by atoms with Crippen molar-refractivity contribution in [1.29, 1.82) is 0 Å². The highest BCUT2D eigenvalue weighted by atomic mass is 16.5. The van der Waals surface area contributed by atoms with E-state index in [4.69, 9.17) is 14.2 Å². The standard InChI is InChI=1S/C28H26N4O3/c1-18-10-7-8-13-22(18)17-32-19(2)24(25(29-28(32)33)20-11-5-4-6-12-20)27-30-26(31-35-27)21-14-9-15-23(16-21)34-3/h4-16,25H,17H2,1-3H3,(H,29,33). The molecule has 7 nitrogen and oxygen atoms in total. The summed E-state index contributed by atoms with van der Waals surface area (Å²) in [6, 6.07) is 24.8. The van der Waals surface area contributed by atoms with Crippen molar-refractivity contribution in [3.63, 3.8) is 0 Å². The molecule has 0 aliphatic carbocycles. The molecule has 5 rings (SSSR count). The summed E-state index contributed by atoms with van der Waals surface area (Å²) in [6.45, 7) is 4.41. The van der Waals surface area contributed by atoms with E-state index in [1.165, 1.54) is 0 Å². The van der Waals surface area contributed by atoms with Crippen LogP contribution in [0.1, 0.15) is 35.5 Å². The highest BCUT2D eigenvalue weighted by molar-refractivity contribution is 5.87. The number of carbonyl (C=O) groups excluding carboxylic acids is 1. The van der Waals surface area contributed by atoms with Gasteiger partial charge in [0.2, 0.25) is 5.82 Å². The third-order valence-electron chi connectivity index (χ3n) is 6.30. The van der Waals surface area contributed by atoms with Crippen molar-refractivity contribution in [2.75, 3.05) is 7.11 Å². The zero-order chi connectivity index (χ0) is 24.4. The molecule has 0 bridgehead atoms. The Morgan fingerprint density at radius 1 is 1.00 bits per heavy atom. The van der Waals surface area contributed by atoms with Gasteiger partial charge in [-0.25, -0.2) is 4.79 Å². The second-order valence-corrected chi connectivity index (χ2v) is 8.46. The van der Waals surface area contributed by atoms with Crippen LogP contribution in [0.2, 0.25) is 0 Å². The van der Waals surface area contributed by atoms with Gasteiger partial charge >= 0.3 is 6.03 Å². The molecule has 1 unspecified atom stereocenters. The number of benzene rings is 3. The number of nitrogens with zero attached hydrogens (tertiary/aromatic N) is 3. The molecule has 2 amide bonds. The minimum atomic E-state index is -0.421. The molecule has 1 atom stereocenters. The van der Waals surface area contributed by atoms with Gasteiger partial charge in [-0.05, 0) is 42.7 Å². The van der Waals surface area contributed by atoms with Crippen LogP contribution in [-0.4, -0.2) is 28.2 Å². The Labute approximate surface area is 204 Å². The Morgan fingerprint density at radius 2 is 1.77 bits per heavy atom. The number of amides is 2. The number of aromatic nitrogens is 2. The van der Waals surface area contributed by atoms with Gasteiger partial charge < -0.3 is 14.6 Å². The second kappa shape index (κ2) is 9.46. The van der Waals surface area contributed by atoms with E-state index in [0.717, 1.165) is 33.5 Å². The van der Waals surface area contributed by atoms with E-state index in [9.17, 15) is 4.79 Å². The Kier molecular flexibility index (Phi) is 6.06. The summed E-state index contributed by atoms with van der Waals surface area (Å²) in [5, 5.41) is 7.38. The zero-order valence-electron chi connectivity index (χ0n) is 19.9. The van der Waals surface area contributed by atoms with Gasteiger partial charge in [-0.1, -0.05) is 71.9 Å². The summed E-state index contributed by atoms with van der Waals surface area (Å²) in [6.07, 6.45) is 0. The number of hydrogen-bond acceptors (Lipinski definition) is 5. The molecule has 2 heterocycles. The smallest absolute Gasteiger partial charge is 0.322 e. The van der Waals surface area contributed by atoms with E-state index in [1.54, 1.807) is 12.0 Å². The third kappa shape index (κ3) is 4.40. The van der Waals surface area contributed by atoms with Gasteiger partial charge in [0.1, 0.15) is 5.75 Å². The molecule has 0 fully saturated rings. The molecule has 0 spiro atoms. The van der Waals surface area contributed by atoms with Crippen molar-refractivity contribution >= 4 is 11.6 Å². The Balaban J connectivity index is 1.60. The minimum Gasteiger partial charge on any atom is -0.497 e. The largest absolute Gasteiger partial charge is 0.497 e. The molecule has 4 aromatic rings. The topological polar surface area (TPSA) is 80.5 Å². The number of nitrogens with one attached hydrogen (secondary N) is 1. The molecule has 176 valence electrons. The van der Waals surface area contributed by atoms with E-state index in [-0.39, 0.29) is 6.03 Å². The lowest BCUT2D eigenvalue weighted by atomic mass is 9.94. The van der Waals surface area contributed by atoms with Crippen LogP contribution in [0.5, 0.6) is 5.75 Å². The highest BCUT2D eigenvalue weighted by Crippen LogP contribution is 2.38. The SMILES string of the molecule is COc1cccc(-c2noc(C3=C(C)N(Cc4ccccc4C)C(=O)NC3c3ccccc3)n2)c1. The highest BCUT2D eigenvalue weighted by Gasteiger charge is 2.35. The molecule has 3 aromatic carbocycles. The lowest BCUT2D eigenvalue weighted by Crippen LogP contribution is -2.45. The van der Waals surface area contributed by atoms with Crippen molar-refractivity contribution in [3.05, 3.63) is 107 Å². The molecule has 1 N–H and O–H groups in total. The number of urea groups is 1. The molecule has 0 saturated heterocycles. The minimum absolute atomic E-state index is 0.170. The molecule has 35 heavy (non-hydrogen) atoms. The number of hydrogen-bond donors (Lipinski definition) is 1. The molecule has 7 heteroatoms. The van der Waals surface area contributed by atoms with Gasteiger partial charge in [0, 0.05) is 11.3 Å². The van der Waals surface area contributed by atoms with E-state index >= 15 is 0 Å². The first-order chi connectivity index (χ1) is 17.0. The van der Waals surface area contributed by atoms with Crippen molar-refractivity contribution in [1.82, 2.24) is 20.4 Å². The third-order valence-corrected chi connectivity index (χ3v) is 6.30. The van der Waals surface area contributed by atoms with Gasteiger partial charge in [-0.15, -0.1) is 0 Å². The van der Waals surface area contributed by atoms with E-state index < -0.39 is 6.04 Å². The fourth-order valence-corrected chi connectivity index (χ4v) is 4.31.